The van der Waals surface area contributed by atoms with Crippen LogP contribution in [0.3, 0.4) is 0 Å². The molecule has 0 radical (unpaired) electrons. The molecule has 5 nitrogen and oxygen atoms in total. The molecule has 0 bridgehead atoms. The van der Waals surface area contributed by atoms with E-state index in [0.29, 0.717) is 5.92 Å². The van der Waals surface area contributed by atoms with Crippen LogP contribution in [0.15, 0.2) is 0 Å². The number of aromatic nitrogens is 3. The number of piperidine rings is 1. The van der Waals surface area contributed by atoms with Crippen LogP contribution < -0.4 is 0 Å². The normalized spacial score (nSPS) is 26.4. The van der Waals surface area contributed by atoms with Crippen molar-refractivity contribution >= 4 is 0 Å². The molecule has 1 fully saturated rings. The molecule has 0 amide bonds. The molecule has 1 aromatic rings. The maximum absolute atomic E-state index is 9.87. The fourth-order valence-electron chi connectivity index (χ4n) is 2.41. The van der Waals surface area contributed by atoms with Gasteiger partial charge in [0.2, 0.25) is 0 Å². The fourth-order valence-corrected chi connectivity index (χ4v) is 2.41. The summed E-state index contributed by atoms with van der Waals surface area (Å²) in [6, 6.07) is 0. The van der Waals surface area contributed by atoms with Gasteiger partial charge in [-0.05, 0) is 32.7 Å². The van der Waals surface area contributed by atoms with E-state index in [1.54, 1.807) is 0 Å². The molecule has 2 heterocycles. The molecule has 0 spiro atoms. The lowest BCUT2D eigenvalue weighted by Gasteiger charge is -2.33. The molecule has 2 atom stereocenters. The average Bonchev–Trinajstić information content (AvgIpc) is 2.64. The maximum atomic E-state index is 9.87. The predicted octanol–water partition coefficient (Wildman–Crippen LogP) is 0.809. The van der Waals surface area contributed by atoms with Crippen molar-refractivity contribution in [3.8, 4) is 0 Å². The Balaban J connectivity index is 2.01. The van der Waals surface area contributed by atoms with Gasteiger partial charge >= 0.3 is 0 Å². The third kappa shape index (κ3) is 2.66. The molecule has 0 aliphatic carbocycles. The van der Waals surface area contributed by atoms with Crippen LogP contribution in [0.2, 0.25) is 0 Å². The fraction of sp³-hybridized carbons (Fsp3) is 0.833. The van der Waals surface area contributed by atoms with Gasteiger partial charge in [0.05, 0.1) is 12.6 Å². The molecular formula is C12H22N4O. The summed E-state index contributed by atoms with van der Waals surface area (Å²) in [5, 5.41) is 18.2. The molecule has 5 heteroatoms. The zero-order valence-corrected chi connectivity index (χ0v) is 10.9. The van der Waals surface area contributed by atoms with Crippen molar-refractivity contribution in [3.05, 3.63) is 11.6 Å². The highest BCUT2D eigenvalue weighted by molar-refractivity contribution is 4.94. The molecule has 96 valence electrons. The molecule has 1 aliphatic rings. The van der Waals surface area contributed by atoms with Crippen molar-refractivity contribution in [1.29, 1.82) is 0 Å². The zero-order chi connectivity index (χ0) is 12.4. The first-order valence-corrected chi connectivity index (χ1v) is 6.41. The zero-order valence-electron chi connectivity index (χ0n) is 10.9. The largest absolute Gasteiger partial charge is 0.392 e. The monoisotopic (exact) mass is 238 g/mol. The summed E-state index contributed by atoms with van der Waals surface area (Å²) in [6.07, 6.45) is 0.850. The van der Waals surface area contributed by atoms with Crippen LogP contribution in [0, 0.1) is 12.8 Å². The molecule has 1 aromatic heterocycles. The van der Waals surface area contributed by atoms with Crippen molar-refractivity contribution in [2.45, 2.75) is 46.4 Å². The highest BCUT2D eigenvalue weighted by atomic mass is 16.3. The number of rotatable bonds is 3. The first-order chi connectivity index (χ1) is 8.11. The minimum absolute atomic E-state index is 0.206. The highest BCUT2D eigenvalue weighted by Crippen LogP contribution is 2.18. The molecular weight excluding hydrogens is 216 g/mol. The lowest BCUT2D eigenvalue weighted by atomic mass is 9.96. The van der Waals surface area contributed by atoms with Crippen molar-refractivity contribution in [2.24, 2.45) is 5.92 Å². The lowest BCUT2D eigenvalue weighted by Crippen LogP contribution is -2.42. The summed E-state index contributed by atoms with van der Waals surface area (Å²) in [6.45, 7) is 9.67. The summed E-state index contributed by atoms with van der Waals surface area (Å²) in [5.41, 5.74) is 0. The first-order valence-electron chi connectivity index (χ1n) is 6.41. The molecule has 2 rings (SSSR count). The van der Waals surface area contributed by atoms with Crippen LogP contribution >= 0.6 is 0 Å². The van der Waals surface area contributed by atoms with Crippen molar-refractivity contribution < 1.29 is 5.11 Å². The summed E-state index contributed by atoms with van der Waals surface area (Å²) in [5.74, 6) is 2.39. The van der Waals surface area contributed by atoms with Crippen LogP contribution in [-0.4, -0.2) is 44.0 Å². The number of hydrogen-bond acceptors (Lipinski definition) is 4. The second-order valence-electron chi connectivity index (χ2n) is 4.98. The number of aliphatic hydroxyl groups is 1. The number of nitrogens with zero attached hydrogens (tertiary/aromatic N) is 4. The Morgan fingerprint density at radius 1 is 1.41 bits per heavy atom. The standard InChI is InChI=1S/C12H22N4O/c1-4-16-10(3)13-14-12(16)8-15-6-5-9(2)11(17)7-15/h9,11,17H,4-8H2,1-3H3. The topological polar surface area (TPSA) is 54.2 Å². The third-order valence-corrected chi connectivity index (χ3v) is 3.70. The molecule has 2 unspecified atom stereocenters. The summed E-state index contributed by atoms with van der Waals surface area (Å²) >= 11 is 0. The van der Waals surface area contributed by atoms with Crippen LogP contribution in [0.5, 0.6) is 0 Å². The minimum Gasteiger partial charge on any atom is -0.392 e. The number of aliphatic hydroxyl groups excluding tert-OH is 1. The van der Waals surface area contributed by atoms with E-state index in [9.17, 15) is 5.11 Å². The summed E-state index contributed by atoms with van der Waals surface area (Å²) in [4.78, 5) is 2.26. The number of likely N-dealkylation sites (tertiary alicyclic amines) is 1. The van der Waals surface area contributed by atoms with Gasteiger partial charge in [0, 0.05) is 13.1 Å². The summed E-state index contributed by atoms with van der Waals surface area (Å²) < 4.78 is 2.13. The van der Waals surface area contributed by atoms with E-state index in [2.05, 4.69) is 33.5 Å². The van der Waals surface area contributed by atoms with E-state index in [1.165, 1.54) is 0 Å². The van der Waals surface area contributed by atoms with Gasteiger partial charge in [0.15, 0.2) is 0 Å². The smallest absolute Gasteiger partial charge is 0.147 e. The molecule has 0 saturated carbocycles. The molecule has 1 saturated heterocycles. The predicted molar refractivity (Wildman–Crippen MR) is 65.5 cm³/mol. The number of β-amino-alcohol motifs (C(OH)–C–C–N with tert-alkyl or cyclic N) is 1. The maximum Gasteiger partial charge on any atom is 0.147 e. The quantitative estimate of drug-likeness (QED) is 0.846. The van der Waals surface area contributed by atoms with E-state index >= 15 is 0 Å². The van der Waals surface area contributed by atoms with Gasteiger partial charge in [0.1, 0.15) is 11.6 Å². The van der Waals surface area contributed by atoms with E-state index in [1.807, 2.05) is 6.92 Å². The highest BCUT2D eigenvalue weighted by Gasteiger charge is 2.25. The van der Waals surface area contributed by atoms with Gasteiger partial charge in [-0.3, -0.25) is 4.90 Å². The van der Waals surface area contributed by atoms with Crippen molar-refractivity contribution in [1.82, 2.24) is 19.7 Å². The van der Waals surface area contributed by atoms with E-state index in [-0.39, 0.29) is 6.10 Å². The van der Waals surface area contributed by atoms with Crippen LogP contribution in [0.4, 0.5) is 0 Å². The SMILES string of the molecule is CCn1c(C)nnc1CN1CCC(C)C(O)C1. The average molecular weight is 238 g/mol. The number of hydrogen-bond donors (Lipinski definition) is 1. The Hall–Kier alpha value is -0.940. The van der Waals surface area contributed by atoms with Crippen LogP contribution in [-0.2, 0) is 13.1 Å². The van der Waals surface area contributed by atoms with Crippen molar-refractivity contribution in [3.63, 3.8) is 0 Å². The van der Waals surface area contributed by atoms with Gasteiger partial charge < -0.3 is 9.67 Å². The Kier molecular flexibility index (Phi) is 3.79. The Labute approximate surface area is 102 Å². The van der Waals surface area contributed by atoms with Crippen LogP contribution in [0.25, 0.3) is 0 Å². The van der Waals surface area contributed by atoms with Gasteiger partial charge in [0.25, 0.3) is 0 Å². The first kappa shape index (κ1) is 12.5. The second-order valence-corrected chi connectivity index (χ2v) is 4.98. The van der Waals surface area contributed by atoms with Crippen molar-refractivity contribution in [2.75, 3.05) is 13.1 Å². The van der Waals surface area contributed by atoms with Gasteiger partial charge in [-0.2, -0.15) is 0 Å². The molecule has 1 aliphatic heterocycles. The van der Waals surface area contributed by atoms with Crippen LogP contribution in [0.1, 0.15) is 31.9 Å². The lowest BCUT2D eigenvalue weighted by molar-refractivity contribution is 0.0244. The Morgan fingerprint density at radius 3 is 2.82 bits per heavy atom. The van der Waals surface area contributed by atoms with E-state index < -0.39 is 0 Å². The van der Waals surface area contributed by atoms with E-state index in [0.717, 1.165) is 44.2 Å². The van der Waals surface area contributed by atoms with E-state index in [4.69, 9.17) is 0 Å². The third-order valence-electron chi connectivity index (χ3n) is 3.70. The van der Waals surface area contributed by atoms with Gasteiger partial charge in [-0.1, -0.05) is 6.92 Å². The minimum atomic E-state index is -0.206. The Morgan fingerprint density at radius 2 is 2.18 bits per heavy atom. The number of aryl methyl sites for hydroxylation is 1. The second kappa shape index (κ2) is 5.14. The Bertz CT molecular complexity index is 377. The molecule has 1 N–H and O–H groups in total. The molecule has 0 aromatic carbocycles. The molecule has 17 heavy (non-hydrogen) atoms. The summed E-state index contributed by atoms with van der Waals surface area (Å²) in [7, 11) is 0. The van der Waals surface area contributed by atoms with Gasteiger partial charge in [-0.15, -0.1) is 10.2 Å². The van der Waals surface area contributed by atoms with Gasteiger partial charge in [-0.25, -0.2) is 0 Å².